The number of carbonyl (C=O) groups excluding carboxylic acids is 1. The van der Waals surface area contributed by atoms with Crippen molar-refractivity contribution in [2.45, 2.75) is 51.4 Å². The van der Waals surface area contributed by atoms with Gasteiger partial charge in [-0.3, -0.25) is 4.79 Å². The molecule has 2 aliphatic rings. The molecule has 29 heavy (non-hydrogen) atoms. The number of hydrogen-bond donors (Lipinski definition) is 2. The van der Waals surface area contributed by atoms with E-state index in [4.69, 9.17) is 31.5 Å². The normalized spacial score (nSPS) is 21.8. The highest BCUT2D eigenvalue weighted by Gasteiger charge is 2.32. The van der Waals surface area contributed by atoms with Gasteiger partial charge in [0.05, 0.1) is 41.1 Å². The Morgan fingerprint density at radius 3 is 3.00 bits per heavy atom. The van der Waals surface area contributed by atoms with Crippen molar-refractivity contribution < 1.29 is 19.0 Å². The zero-order chi connectivity index (χ0) is 21.0. The number of hydrogen-bond acceptors (Lipinski definition) is 6. The van der Waals surface area contributed by atoms with E-state index in [9.17, 15) is 4.79 Å². The lowest BCUT2D eigenvalue weighted by Gasteiger charge is -2.38. The maximum atomic E-state index is 13.0. The number of methoxy groups -OCH3 is 1. The van der Waals surface area contributed by atoms with Crippen molar-refractivity contribution in [2.75, 3.05) is 45.7 Å². The minimum Gasteiger partial charge on any atom is -0.492 e. The number of fused-ring (bicyclic) bond motifs is 1. The van der Waals surface area contributed by atoms with Gasteiger partial charge in [-0.1, -0.05) is 11.6 Å². The molecule has 2 atom stereocenters. The Labute approximate surface area is 177 Å². The quantitative estimate of drug-likeness (QED) is 0.491. The van der Waals surface area contributed by atoms with Gasteiger partial charge in [0.1, 0.15) is 5.75 Å². The van der Waals surface area contributed by atoms with E-state index in [0.29, 0.717) is 35.1 Å². The van der Waals surface area contributed by atoms with Crippen molar-refractivity contribution >= 4 is 23.2 Å². The number of anilines is 1. The summed E-state index contributed by atoms with van der Waals surface area (Å²) >= 11 is 6.24. The van der Waals surface area contributed by atoms with Crippen molar-refractivity contribution in [1.29, 1.82) is 0 Å². The first-order valence-electron chi connectivity index (χ1n) is 10.3. The van der Waals surface area contributed by atoms with Crippen LogP contribution in [0.1, 0.15) is 42.6 Å². The number of halogens is 1. The molecule has 0 bridgehead atoms. The van der Waals surface area contributed by atoms with Crippen molar-refractivity contribution in [1.82, 2.24) is 10.2 Å². The molecule has 1 aromatic carbocycles. The van der Waals surface area contributed by atoms with Crippen LogP contribution in [0.3, 0.4) is 0 Å². The molecule has 162 valence electrons. The van der Waals surface area contributed by atoms with Gasteiger partial charge in [0, 0.05) is 45.3 Å². The lowest BCUT2D eigenvalue weighted by molar-refractivity contribution is 0.00174. The third kappa shape index (κ3) is 5.34. The van der Waals surface area contributed by atoms with E-state index >= 15 is 0 Å². The first kappa shape index (κ1) is 22.2. The number of amides is 1. The summed E-state index contributed by atoms with van der Waals surface area (Å²) in [5, 5.41) is 3.51. The minimum atomic E-state index is -0.198. The first-order valence-corrected chi connectivity index (χ1v) is 10.7. The molecule has 7 nitrogen and oxygen atoms in total. The van der Waals surface area contributed by atoms with Crippen LogP contribution < -0.4 is 15.8 Å². The predicted octanol–water partition coefficient (Wildman–Crippen LogP) is 2.49. The molecule has 1 aromatic rings. The van der Waals surface area contributed by atoms with Gasteiger partial charge < -0.3 is 30.2 Å². The number of nitrogen functional groups attached to an aromatic ring is 1. The van der Waals surface area contributed by atoms with Crippen LogP contribution in [0.4, 0.5) is 5.69 Å². The van der Waals surface area contributed by atoms with E-state index in [0.717, 1.165) is 44.6 Å². The second-order valence-electron chi connectivity index (χ2n) is 7.94. The maximum absolute atomic E-state index is 13.0. The zero-order valence-corrected chi connectivity index (χ0v) is 18.3. The van der Waals surface area contributed by atoms with Crippen LogP contribution in [-0.4, -0.2) is 69.0 Å². The highest BCUT2D eigenvalue weighted by Crippen LogP contribution is 2.38. The van der Waals surface area contributed by atoms with Crippen LogP contribution in [0.2, 0.25) is 5.02 Å². The summed E-state index contributed by atoms with van der Waals surface area (Å²) < 4.78 is 17.0. The number of piperidine rings is 1. The zero-order valence-electron chi connectivity index (χ0n) is 17.5. The fourth-order valence-corrected chi connectivity index (χ4v) is 4.20. The number of likely N-dealkylation sites (tertiary alicyclic amines) is 1. The Hall–Kier alpha value is -1.54. The summed E-state index contributed by atoms with van der Waals surface area (Å²) in [6, 6.07) is 1.53. The lowest BCUT2D eigenvalue weighted by atomic mass is 10.00. The summed E-state index contributed by atoms with van der Waals surface area (Å²) in [6.07, 6.45) is 2.66. The number of ether oxygens (including phenoxy) is 3. The number of nitrogens with one attached hydrogen (secondary N) is 1. The Bertz CT molecular complexity index is 728. The van der Waals surface area contributed by atoms with E-state index in [1.54, 1.807) is 13.2 Å². The molecule has 8 heteroatoms. The van der Waals surface area contributed by atoms with Crippen molar-refractivity contribution in [2.24, 2.45) is 0 Å². The van der Waals surface area contributed by atoms with E-state index in [1.807, 2.05) is 13.8 Å². The monoisotopic (exact) mass is 425 g/mol. The predicted molar refractivity (Wildman–Crippen MR) is 114 cm³/mol. The molecule has 1 amide bonds. The maximum Gasteiger partial charge on any atom is 0.255 e. The smallest absolute Gasteiger partial charge is 0.255 e. The van der Waals surface area contributed by atoms with Crippen LogP contribution in [-0.2, 0) is 15.9 Å². The molecular weight excluding hydrogens is 394 g/mol. The van der Waals surface area contributed by atoms with Crippen LogP contribution in [0.25, 0.3) is 0 Å². The molecule has 1 fully saturated rings. The van der Waals surface area contributed by atoms with Crippen molar-refractivity contribution in [3.8, 4) is 5.75 Å². The second kappa shape index (κ2) is 9.98. The van der Waals surface area contributed by atoms with Gasteiger partial charge in [-0.2, -0.15) is 0 Å². The average Bonchev–Trinajstić information content (AvgIpc) is 3.18. The molecular formula is C21H32ClN3O4. The van der Waals surface area contributed by atoms with Gasteiger partial charge in [0.2, 0.25) is 0 Å². The second-order valence-corrected chi connectivity index (χ2v) is 8.35. The van der Waals surface area contributed by atoms with Gasteiger partial charge >= 0.3 is 0 Å². The van der Waals surface area contributed by atoms with E-state index in [-0.39, 0.29) is 24.2 Å². The van der Waals surface area contributed by atoms with Crippen molar-refractivity contribution in [3.05, 3.63) is 22.2 Å². The molecule has 1 saturated heterocycles. The van der Waals surface area contributed by atoms with Gasteiger partial charge in [0.15, 0.2) is 0 Å². The summed E-state index contributed by atoms with van der Waals surface area (Å²) in [5.74, 6) is 0.358. The molecule has 0 radical (unpaired) electrons. The fraction of sp³-hybridized carbons (Fsp3) is 0.667. The highest BCUT2D eigenvalue weighted by atomic mass is 35.5. The standard InChI is InChI=1S/C21H32ClN3O4/c1-13(2)28-9-4-7-25-8-5-17(18(12-25)27-3)24-21(26)15-11-16(22)19(23)14-6-10-29-20(14)15/h11,13,17-18H,4-10,12,23H2,1-3H3,(H,24,26). The number of benzene rings is 1. The summed E-state index contributed by atoms with van der Waals surface area (Å²) in [5.41, 5.74) is 7.80. The molecule has 0 aromatic heterocycles. The Morgan fingerprint density at radius 2 is 2.28 bits per heavy atom. The van der Waals surface area contributed by atoms with Crippen LogP contribution in [0, 0.1) is 0 Å². The van der Waals surface area contributed by atoms with Crippen LogP contribution in [0.5, 0.6) is 5.75 Å². The molecule has 0 aliphatic carbocycles. The topological polar surface area (TPSA) is 86.1 Å². The van der Waals surface area contributed by atoms with E-state index in [2.05, 4.69) is 10.2 Å². The van der Waals surface area contributed by atoms with Crippen LogP contribution in [0.15, 0.2) is 6.07 Å². The van der Waals surface area contributed by atoms with E-state index < -0.39 is 0 Å². The molecule has 0 saturated carbocycles. The number of nitrogens with zero attached hydrogens (tertiary/aromatic N) is 1. The number of rotatable bonds is 8. The summed E-state index contributed by atoms with van der Waals surface area (Å²) in [6.45, 7) is 8.01. The van der Waals surface area contributed by atoms with Gasteiger partial charge in [-0.05, 0) is 32.8 Å². The molecule has 2 unspecified atom stereocenters. The van der Waals surface area contributed by atoms with Gasteiger partial charge in [-0.15, -0.1) is 0 Å². The van der Waals surface area contributed by atoms with Gasteiger partial charge in [0.25, 0.3) is 5.91 Å². The summed E-state index contributed by atoms with van der Waals surface area (Å²) in [4.78, 5) is 15.3. The third-order valence-electron chi connectivity index (χ3n) is 5.55. The molecule has 3 N–H and O–H groups in total. The number of carbonyl (C=O) groups is 1. The van der Waals surface area contributed by atoms with Crippen LogP contribution >= 0.6 is 11.6 Å². The molecule has 0 spiro atoms. The molecule has 2 aliphatic heterocycles. The molecule has 2 heterocycles. The Morgan fingerprint density at radius 1 is 1.48 bits per heavy atom. The first-order chi connectivity index (χ1) is 13.9. The Kier molecular flexibility index (Phi) is 7.62. The summed E-state index contributed by atoms with van der Waals surface area (Å²) in [7, 11) is 1.69. The molecule has 3 rings (SSSR count). The van der Waals surface area contributed by atoms with E-state index in [1.165, 1.54) is 0 Å². The minimum absolute atomic E-state index is 0.0657. The van der Waals surface area contributed by atoms with Gasteiger partial charge in [-0.25, -0.2) is 0 Å². The SMILES string of the molecule is COC1CN(CCCOC(C)C)CCC1NC(=O)c1cc(Cl)c(N)c2c1OCC2. The third-order valence-corrected chi connectivity index (χ3v) is 5.86. The lowest BCUT2D eigenvalue weighted by Crippen LogP contribution is -2.55. The highest BCUT2D eigenvalue weighted by molar-refractivity contribution is 6.33. The van der Waals surface area contributed by atoms with Crippen molar-refractivity contribution in [3.63, 3.8) is 0 Å². The largest absolute Gasteiger partial charge is 0.492 e. The average molecular weight is 426 g/mol. The number of nitrogens with two attached hydrogens (primary N) is 1. The Balaban J connectivity index is 1.59. The fourth-order valence-electron chi connectivity index (χ4n) is 3.98.